The Morgan fingerprint density at radius 1 is 1.25 bits per heavy atom. The Hall–Kier alpha value is -1.38. The number of esters is 1. The molecular weight excluding hydrogens is 300 g/mol. The molecular formula is C21H28O3. The van der Waals surface area contributed by atoms with Gasteiger partial charge in [0.05, 0.1) is 0 Å². The van der Waals surface area contributed by atoms with Crippen LogP contribution < -0.4 is 0 Å². The van der Waals surface area contributed by atoms with Crippen molar-refractivity contribution in [3.63, 3.8) is 0 Å². The van der Waals surface area contributed by atoms with Crippen LogP contribution in [0.3, 0.4) is 0 Å². The summed E-state index contributed by atoms with van der Waals surface area (Å²) in [4.78, 5) is 23.7. The van der Waals surface area contributed by atoms with Gasteiger partial charge >= 0.3 is 5.97 Å². The molecule has 6 atom stereocenters. The molecule has 4 rings (SSSR count). The topological polar surface area (TPSA) is 43.4 Å². The minimum Gasteiger partial charge on any atom is -0.458 e. The van der Waals surface area contributed by atoms with Crippen LogP contribution in [0.15, 0.2) is 23.8 Å². The molecule has 4 aliphatic rings. The third-order valence-electron chi connectivity index (χ3n) is 7.64. The van der Waals surface area contributed by atoms with Crippen LogP contribution in [0.4, 0.5) is 0 Å². The van der Waals surface area contributed by atoms with Crippen molar-refractivity contribution in [3.8, 4) is 0 Å². The van der Waals surface area contributed by atoms with Gasteiger partial charge in [0, 0.05) is 30.6 Å². The van der Waals surface area contributed by atoms with Gasteiger partial charge in [-0.1, -0.05) is 31.6 Å². The number of carbonyl (C=O) groups excluding carboxylic acids is 2. The Balaban J connectivity index is 1.63. The number of fused-ring (bicyclic) bond motifs is 5. The van der Waals surface area contributed by atoms with E-state index in [0.29, 0.717) is 23.5 Å². The fourth-order valence-electron chi connectivity index (χ4n) is 6.29. The van der Waals surface area contributed by atoms with E-state index in [1.165, 1.54) is 12.5 Å². The molecule has 0 heterocycles. The van der Waals surface area contributed by atoms with Crippen molar-refractivity contribution in [3.05, 3.63) is 23.8 Å². The Labute approximate surface area is 144 Å². The lowest BCUT2D eigenvalue weighted by Gasteiger charge is -2.55. The SMILES string of the molecule is CC(=O)OC1C=C[C@@]2(C)C(=CC[C@@H]3[C@H]2CC[C@]2(C)C(=O)CC[C@@H]32)C1. The first-order valence-electron chi connectivity index (χ1n) is 9.44. The van der Waals surface area contributed by atoms with Gasteiger partial charge < -0.3 is 4.74 Å². The fraction of sp³-hybridized carbons (Fsp3) is 0.714. The molecule has 1 unspecified atom stereocenters. The number of hydrogen-bond acceptors (Lipinski definition) is 3. The van der Waals surface area contributed by atoms with Crippen molar-refractivity contribution in [1.29, 1.82) is 0 Å². The molecule has 0 radical (unpaired) electrons. The Bertz CT molecular complexity index is 645. The number of Topliss-reactive ketones (excluding diaryl/α,β-unsaturated/α-hetero) is 1. The molecule has 0 N–H and O–H groups in total. The Morgan fingerprint density at radius 2 is 2.04 bits per heavy atom. The highest BCUT2D eigenvalue weighted by molar-refractivity contribution is 5.87. The molecule has 0 aromatic heterocycles. The average Bonchev–Trinajstić information content (AvgIpc) is 2.83. The third kappa shape index (κ3) is 2.16. The molecule has 130 valence electrons. The monoisotopic (exact) mass is 328 g/mol. The lowest BCUT2D eigenvalue weighted by Crippen LogP contribution is -2.49. The maximum Gasteiger partial charge on any atom is 0.303 e. The molecule has 0 aliphatic heterocycles. The standard InChI is InChI=1S/C21H28O3/c1-13(22)24-15-8-10-20(2)14(12-15)4-5-16-17-6-7-19(23)21(17,3)11-9-18(16)20/h4,8,10,15-18H,5-7,9,11-12H2,1-3H3/t15?,16-,17-,18+,20-,21-/m0/s1. The van der Waals surface area contributed by atoms with Gasteiger partial charge in [0.1, 0.15) is 11.9 Å². The lowest BCUT2D eigenvalue weighted by molar-refractivity contribution is -0.144. The van der Waals surface area contributed by atoms with Crippen LogP contribution >= 0.6 is 0 Å². The summed E-state index contributed by atoms with van der Waals surface area (Å²) in [5, 5.41) is 0. The van der Waals surface area contributed by atoms with E-state index in [0.717, 1.165) is 38.5 Å². The summed E-state index contributed by atoms with van der Waals surface area (Å²) in [5.41, 5.74) is 1.44. The van der Waals surface area contributed by atoms with Crippen LogP contribution in [0, 0.1) is 28.6 Å². The Morgan fingerprint density at radius 3 is 2.79 bits per heavy atom. The second-order valence-corrected chi connectivity index (χ2v) is 8.75. The first kappa shape index (κ1) is 16.1. The van der Waals surface area contributed by atoms with Crippen LogP contribution in [0.25, 0.3) is 0 Å². The van der Waals surface area contributed by atoms with Gasteiger partial charge in [0.15, 0.2) is 0 Å². The zero-order valence-corrected chi connectivity index (χ0v) is 15.0. The number of rotatable bonds is 1. The molecule has 24 heavy (non-hydrogen) atoms. The zero-order valence-electron chi connectivity index (χ0n) is 15.0. The minimum atomic E-state index is -0.208. The number of ether oxygens (including phenoxy) is 1. The summed E-state index contributed by atoms with van der Waals surface area (Å²) in [5.74, 6) is 2.09. The fourth-order valence-corrected chi connectivity index (χ4v) is 6.29. The van der Waals surface area contributed by atoms with E-state index in [1.807, 2.05) is 0 Å². The van der Waals surface area contributed by atoms with E-state index in [9.17, 15) is 9.59 Å². The quantitative estimate of drug-likeness (QED) is 0.534. The smallest absolute Gasteiger partial charge is 0.303 e. The normalized spacial score (nSPS) is 46.6. The van der Waals surface area contributed by atoms with Crippen LogP contribution in [0.1, 0.15) is 59.3 Å². The lowest BCUT2D eigenvalue weighted by atomic mass is 9.49. The summed E-state index contributed by atoms with van der Waals surface area (Å²) in [6.45, 7) is 6.06. The maximum atomic E-state index is 12.4. The summed E-state index contributed by atoms with van der Waals surface area (Å²) < 4.78 is 5.41. The molecule has 2 fully saturated rings. The van der Waals surface area contributed by atoms with Crippen LogP contribution in [-0.2, 0) is 14.3 Å². The first-order valence-corrected chi connectivity index (χ1v) is 9.44. The van der Waals surface area contributed by atoms with Crippen molar-refractivity contribution >= 4 is 11.8 Å². The average molecular weight is 328 g/mol. The molecule has 4 aliphatic carbocycles. The maximum absolute atomic E-state index is 12.4. The number of allylic oxidation sites excluding steroid dienone is 2. The number of ketones is 1. The van der Waals surface area contributed by atoms with E-state index in [2.05, 4.69) is 32.1 Å². The van der Waals surface area contributed by atoms with Gasteiger partial charge in [-0.15, -0.1) is 0 Å². The second kappa shape index (κ2) is 5.31. The third-order valence-corrected chi connectivity index (χ3v) is 7.64. The molecule has 0 amide bonds. The van der Waals surface area contributed by atoms with E-state index in [4.69, 9.17) is 4.74 Å². The highest BCUT2D eigenvalue weighted by atomic mass is 16.5. The largest absolute Gasteiger partial charge is 0.458 e. The zero-order chi connectivity index (χ0) is 17.1. The molecule has 3 nitrogen and oxygen atoms in total. The van der Waals surface area contributed by atoms with E-state index >= 15 is 0 Å². The van der Waals surface area contributed by atoms with Crippen LogP contribution in [0.5, 0.6) is 0 Å². The summed E-state index contributed by atoms with van der Waals surface area (Å²) in [6, 6.07) is 0. The van der Waals surface area contributed by atoms with Crippen LogP contribution in [-0.4, -0.2) is 17.9 Å². The van der Waals surface area contributed by atoms with E-state index < -0.39 is 0 Å². The van der Waals surface area contributed by atoms with Gasteiger partial charge in [0.2, 0.25) is 0 Å². The molecule has 2 saturated carbocycles. The van der Waals surface area contributed by atoms with Gasteiger partial charge in [-0.2, -0.15) is 0 Å². The summed E-state index contributed by atoms with van der Waals surface area (Å²) in [7, 11) is 0. The summed E-state index contributed by atoms with van der Waals surface area (Å²) >= 11 is 0. The van der Waals surface area contributed by atoms with Crippen molar-refractivity contribution in [2.45, 2.75) is 65.4 Å². The van der Waals surface area contributed by atoms with Crippen molar-refractivity contribution < 1.29 is 14.3 Å². The van der Waals surface area contributed by atoms with E-state index in [-0.39, 0.29) is 22.9 Å². The Kier molecular flexibility index (Phi) is 3.56. The van der Waals surface area contributed by atoms with E-state index in [1.54, 1.807) is 0 Å². The van der Waals surface area contributed by atoms with Crippen LogP contribution in [0.2, 0.25) is 0 Å². The predicted molar refractivity (Wildman–Crippen MR) is 92.2 cm³/mol. The molecule has 0 spiro atoms. The number of carbonyl (C=O) groups is 2. The molecule has 0 aromatic rings. The second-order valence-electron chi connectivity index (χ2n) is 8.75. The van der Waals surface area contributed by atoms with Gasteiger partial charge in [-0.05, 0) is 49.5 Å². The van der Waals surface area contributed by atoms with Crippen molar-refractivity contribution in [2.24, 2.45) is 28.6 Å². The summed E-state index contributed by atoms with van der Waals surface area (Å²) in [6.07, 6.45) is 12.6. The highest BCUT2D eigenvalue weighted by Crippen LogP contribution is 2.62. The minimum absolute atomic E-state index is 0.0679. The predicted octanol–water partition coefficient (Wildman–Crippen LogP) is 4.23. The highest BCUT2D eigenvalue weighted by Gasteiger charge is 2.58. The van der Waals surface area contributed by atoms with Gasteiger partial charge in [0.25, 0.3) is 0 Å². The molecule has 0 bridgehead atoms. The van der Waals surface area contributed by atoms with Crippen molar-refractivity contribution in [2.75, 3.05) is 0 Å². The van der Waals surface area contributed by atoms with Crippen molar-refractivity contribution in [1.82, 2.24) is 0 Å². The molecule has 3 heteroatoms. The molecule has 0 aromatic carbocycles. The van der Waals surface area contributed by atoms with Gasteiger partial charge in [-0.25, -0.2) is 0 Å². The first-order chi connectivity index (χ1) is 11.3. The molecule has 0 saturated heterocycles. The van der Waals surface area contributed by atoms with Gasteiger partial charge in [-0.3, -0.25) is 9.59 Å². The number of hydrogen-bond donors (Lipinski definition) is 0.